The molecule has 0 spiro atoms. The third-order valence-electron chi connectivity index (χ3n) is 3.39. The van der Waals surface area contributed by atoms with Crippen molar-refractivity contribution in [2.24, 2.45) is 5.84 Å². The number of likely N-dealkylation sites (N-methyl/N-ethyl adjacent to an activating group) is 1. The van der Waals surface area contributed by atoms with Gasteiger partial charge in [-0.25, -0.2) is 0 Å². The van der Waals surface area contributed by atoms with Gasteiger partial charge in [0, 0.05) is 37.8 Å². The molecule has 1 aliphatic rings. The predicted molar refractivity (Wildman–Crippen MR) is 74.3 cm³/mol. The Bertz CT molecular complexity index is 526. The molecule has 1 amide bonds. The first-order valence-corrected chi connectivity index (χ1v) is 6.26. The summed E-state index contributed by atoms with van der Waals surface area (Å²) in [4.78, 5) is 26.5. The average molecular weight is 279 g/mol. The summed E-state index contributed by atoms with van der Waals surface area (Å²) < 4.78 is 0. The fourth-order valence-electron chi connectivity index (χ4n) is 2.14. The largest absolute Gasteiger partial charge is 0.336 e. The number of nitro benzene ring substituents is 1. The molecule has 3 N–H and O–H groups in total. The second-order valence-corrected chi connectivity index (χ2v) is 4.73. The lowest BCUT2D eigenvalue weighted by Gasteiger charge is -2.32. The highest BCUT2D eigenvalue weighted by Gasteiger charge is 2.22. The highest BCUT2D eigenvalue weighted by molar-refractivity contribution is 5.96. The Morgan fingerprint density at radius 3 is 2.55 bits per heavy atom. The van der Waals surface area contributed by atoms with Crippen molar-refractivity contribution in [2.75, 3.05) is 38.7 Å². The Morgan fingerprint density at radius 2 is 2.00 bits per heavy atom. The van der Waals surface area contributed by atoms with Crippen molar-refractivity contribution in [2.45, 2.75) is 0 Å². The number of amides is 1. The van der Waals surface area contributed by atoms with Crippen LogP contribution in [0.15, 0.2) is 18.2 Å². The molecule has 1 aromatic rings. The van der Waals surface area contributed by atoms with Gasteiger partial charge in [0.05, 0.1) is 4.92 Å². The van der Waals surface area contributed by atoms with Crippen molar-refractivity contribution in [1.82, 2.24) is 9.80 Å². The van der Waals surface area contributed by atoms with Crippen LogP contribution in [-0.4, -0.2) is 53.9 Å². The molecule has 20 heavy (non-hydrogen) atoms. The van der Waals surface area contributed by atoms with Crippen molar-refractivity contribution >= 4 is 17.3 Å². The van der Waals surface area contributed by atoms with E-state index in [0.29, 0.717) is 18.7 Å². The number of anilines is 1. The number of nitrogens with one attached hydrogen (secondary N) is 1. The number of hydrogen-bond acceptors (Lipinski definition) is 6. The van der Waals surface area contributed by atoms with Gasteiger partial charge in [0.2, 0.25) is 0 Å². The van der Waals surface area contributed by atoms with Crippen molar-refractivity contribution < 1.29 is 9.72 Å². The van der Waals surface area contributed by atoms with Crippen LogP contribution in [0.2, 0.25) is 0 Å². The number of rotatable bonds is 3. The third-order valence-corrected chi connectivity index (χ3v) is 3.39. The van der Waals surface area contributed by atoms with Gasteiger partial charge < -0.3 is 15.2 Å². The first-order valence-electron chi connectivity index (χ1n) is 6.26. The molecular weight excluding hydrogens is 262 g/mol. The summed E-state index contributed by atoms with van der Waals surface area (Å²) in [6, 6.07) is 4.16. The molecule has 8 heteroatoms. The van der Waals surface area contributed by atoms with Crippen LogP contribution in [0, 0.1) is 10.1 Å². The van der Waals surface area contributed by atoms with E-state index in [-0.39, 0.29) is 17.3 Å². The van der Waals surface area contributed by atoms with Crippen LogP contribution in [0.5, 0.6) is 0 Å². The second-order valence-electron chi connectivity index (χ2n) is 4.73. The Morgan fingerprint density at radius 1 is 1.35 bits per heavy atom. The van der Waals surface area contributed by atoms with Gasteiger partial charge >= 0.3 is 0 Å². The Balaban J connectivity index is 2.20. The van der Waals surface area contributed by atoms with Crippen LogP contribution in [0.4, 0.5) is 11.4 Å². The molecule has 0 aliphatic carbocycles. The van der Waals surface area contributed by atoms with E-state index in [4.69, 9.17) is 5.84 Å². The number of hydrogen-bond donors (Lipinski definition) is 2. The average Bonchev–Trinajstić information content (AvgIpc) is 2.46. The van der Waals surface area contributed by atoms with E-state index >= 15 is 0 Å². The maximum Gasteiger partial charge on any atom is 0.293 e. The molecule has 0 saturated carbocycles. The number of nitrogen functional groups attached to an aromatic ring is 1. The minimum Gasteiger partial charge on any atom is -0.336 e. The van der Waals surface area contributed by atoms with Crippen molar-refractivity contribution in [3.05, 3.63) is 33.9 Å². The van der Waals surface area contributed by atoms with Gasteiger partial charge in [-0.05, 0) is 19.2 Å². The summed E-state index contributed by atoms with van der Waals surface area (Å²) in [5, 5.41) is 10.8. The summed E-state index contributed by atoms with van der Waals surface area (Å²) >= 11 is 0. The summed E-state index contributed by atoms with van der Waals surface area (Å²) in [6.07, 6.45) is 0. The zero-order valence-electron chi connectivity index (χ0n) is 11.2. The highest BCUT2D eigenvalue weighted by atomic mass is 16.6. The number of carbonyl (C=O) groups excluding carboxylic acids is 1. The number of nitrogens with zero attached hydrogens (tertiary/aromatic N) is 3. The van der Waals surface area contributed by atoms with E-state index in [2.05, 4.69) is 10.3 Å². The van der Waals surface area contributed by atoms with Gasteiger partial charge in [0.1, 0.15) is 5.69 Å². The van der Waals surface area contributed by atoms with E-state index in [1.54, 1.807) is 4.90 Å². The Hall–Kier alpha value is -2.19. The monoisotopic (exact) mass is 279 g/mol. The minimum absolute atomic E-state index is 0.134. The summed E-state index contributed by atoms with van der Waals surface area (Å²) in [6.45, 7) is 2.94. The Kier molecular flexibility index (Phi) is 4.16. The maximum atomic E-state index is 12.3. The molecule has 1 saturated heterocycles. The van der Waals surface area contributed by atoms with Crippen molar-refractivity contribution in [3.63, 3.8) is 0 Å². The minimum atomic E-state index is -0.542. The van der Waals surface area contributed by atoms with E-state index in [1.165, 1.54) is 18.2 Å². The molecule has 0 unspecified atom stereocenters. The van der Waals surface area contributed by atoms with Crippen LogP contribution in [0.3, 0.4) is 0 Å². The molecule has 1 aromatic carbocycles. The molecule has 1 heterocycles. The van der Waals surface area contributed by atoms with Gasteiger partial charge in [-0.15, -0.1) is 0 Å². The Labute approximate surface area is 116 Å². The molecule has 1 fully saturated rings. The summed E-state index contributed by atoms with van der Waals surface area (Å²) in [7, 11) is 2.00. The first kappa shape index (κ1) is 14.2. The molecule has 0 aromatic heterocycles. The fraction of sp³-hybridized carbons (Fsp3) is 0.417. The van der Waals surface area contributed by atoms with E-state index in [0.717, 1.165) is 13.1 Å². The molecular formula is C12H17N5O3. The van der Waals surface area contributed by atoms with E-state index in [1.807, 2.05) is 7.05 Å². The lowest BCUT2D eigenvalue weighted by molar-refractivity contribution is -0.384. The lowest BCUT2D eigenvalue weighted by atomic mass is 10.1. The summed E-state index contributed by atoms with van der Waals surface area (Å²) in [5.41, 5.74) is 2.64. The van der Waals surface area contributed by atoms with Gasteiger partial charge in [-0.2, -0.15) is 0 Å². The standard InChI is InChI=1S/C12H17N5O3/c1-15-4-6-16(7-5-15)12(18)9-2-3-11(17(19)20)10(8-9)14-13/h2-3,8,14H,4-7,13H2,1H3. The smallest absolute Gasteiger partial charge is 0.293 e. The third kappa shape index (κ3) is 2.86. The molecule has 0 bridgehead atoms. The number of piperazine rings is 1. The predicted octanol–water partition coefficient (Wildman–Crippen LogP) is 0.268. The first-order chi connectivity index (χ1) is 9.52. The van der Waals surface area contributed by atoms with Gasteiger partial charge in [-0.1, -0.05) is 0 Å². The van der Waals surface area contributed by atoms with Crippen LogP contribution in [0.1, 0.15) is 10.4 Å². The zero-order chi connectivity index (χ0) is 14.7. The lowest BCUT2D eigenvalue weighted by Crippen LogP contribution is -2.47. The number of nitrogens with two attached hydrogens (primary N) is 1. The zero-order valence-corrected chi connectivity index (χ0v) is 11.2. The molecule has 108 valence electrons. The second kappa shape index (κ2) is 5.85. The molecule has 8 nitrogen and oxygen atoms in total. The number of nitro groups is 1. The van der Waals surface area contributed by atoms with Crippen molar-refractivity contribution in [3.8, 4) is 0 Å². The molecule has 2 rings (SSSR count). The molecule has 1 aliphatic heterocycles. The maximum absolute atomic E-state index is 12.3. The molecule has 0 radical (unpaired) electrons. The van der Waals surface area contributed by atoms with Crippen LogP contribution >= 0.6 is 0 Å². The van der Waals surface area contributed by atoms with Crippen LogP contribution < -0.4 is 11.3 Å². The SMILES string of the molecule is CN1CCN(C(=O)c2ccc([N+](=O)[O-])c(NN)c2)CC1. The quantitative estimate of drug-likeness (QED) is 0.467. The number of benzene rings is 1. The van der Waals surface area contributed by atoms with Gasteiger partial charge in [0.15, 0.2) is 0 Å². The number of carbonyl (C=O) groups is 1. The van der Waals surface area contributed by atoms with Gasteiger partial charge in [-0.3, -0.25) is 20.8 Å². The topological polar surface area (TPSA) is 105 Å². The molecule has 0 atom stereocenters. The van der Waals surface area contributed by atoms with Crippen molar-refractivity contribution in [1.29, 1.82) is 0 Å². The summed E-state index contributed by atoms with van der Waals surface area (Å²) in [5.74, 6) is 5.13. The van der Waals surface area contributed by atoms with E-state index < -0.39 is 4.92 Å². The van der Waals surface area contributed by atoms with Crippen LogP contribution in [0.25, 0.3) is 0 Å². The van der Waals surface area contributed by atoms with Crippen LogP contribution in [-0.2, 0) is 0 Å². The highest BCUT2D eigenvalue weighted by Crippen LogP contribution is 2.25. The fourth-order valence-corrected chi connectivity index (χ4v) is 2.14. The van der Waals surface area contributed by atoms with Gasteiger partial charge in [0.25, 0.3) is 11.6 Å². The van der Waals surface area contributed by atoms with E-state index in [9.17, 15) is 14.9 Å². The number of hydrazine groups is 1. The normalized spacial score (nSPS) is 16.0.